The van der Waals surface area contributed by atoms with Crippen molar-refractivity contribution in [3.63, 3.8) is 0 Å². The van der Waals surface area contributed by atoms with Crippen LogP contribution in [0.2, 0.25) is 0 Å². The molecule has 0 radical (unpaired) electrons. The maximum absolute atomic E-state index is 10.7. The van der Waals surface area contributed by atoms with Gasteiger partial charge in [0.15, 0.2) is 0 Å². The third-order valence-corrected chi connectivity index (χ3v) is 3.37. The lowest BCUT2D eigenvalue weighted by Gasteiger charge is -2.20. The number of hydrogen-bond acceptors (Lipinski definition) is 2. The first-order chi connectivity index (χ1) is 7.53. The van der Waals surface area contributed by atoms with E-state index < -0.39 is 17.5 Å². The van der Waals surface area contributed by atoms with E-state index in [-0.39, 0.29) is 6.42 Å². The Morgan fingerprint density at radius 1 is 1.38 bits per heavy atom. The second kappa shape index (κ2) is 3.91. The van der Waals surface area contributed by atoms with Crippen molar-refractivity contribution < 1.29 is 15.0 Å². The van der Waals surface area contributed by atoms with Gasteiger partial charge in [-0.15, -0.1) is 0 Å². The lowest BCUT2D eigenvalue weighted by Crippen LogP contribution is -2.17. The Kier molecular flexibility index (Phi) is 2.72. The molecule has 1 aromatic rings. The number of aliphatic hydroxyl groups is 1. The van der Waals surface area contributed by atoms with Crippen molar-refractivity contribution in [1.82, 2.24) is 0 Å². The lowest BCUT2D eigenvalue weighted by atomic mass is 9.89. The van der Waals surface area contributed by atoms with Crippen LogP contribution in [0.3, 0.4) is 0 Å². The molecule has 1 unspecified atom stereocenters. The smallest absolute Gasteiger partial charge is 0.304 e. The molecule has 0 amide bonds. The Labute approximate surface area is 94.7 Å². The molecule has 3 heteroatoms. The molecular weight excluding hydrogens is 204 g/mol. The van der Waals surface area contributed by atoms with Crippen LogP contribution in [0, 0.1) is 12.3 Å². The number of aryl methyl sites for hydroxylation is 1. The molecule has 1 aliphatic rings. The molecule has 1 atom stereocenters. The highest BCUT2D eigenvalue weighted by molar-refractivity contribution is 5.68. The van der Waals surface area contributed by atoms with E-state index in [1.54, 1.807) is 0 Å². The second-order valence-electron chi connectivity index (χ2n) is 4.75. The Morgan fingerprint density at radius 2 is 1.94 bits per heavy atom. The molecule has 0 spiro atoms. The van der Waals surface area contributed by atoms with E-state index in [2.05, 4.69) is 0 Å². The van der Waals surface area contributed by atoms with Crippen molar-refractivity contribution in [2.75, 3.05) is 0 Å². The molecule has 2 rings (SSSR count). The molecule has 0 aliphatic heterocycles. The molecule has 0 aromatic heterocycles. The number of hydrogen-bond donors (Lipinski definition) is 2. The van der Waals surface area contributed by atoms with Crippen molar-refractivity contribution in [3.05, 3.63) is 35.4 Å². The third-order valence-electron chi connectivity index (χ3n) is 3.37. The van der Waals surface area contributed by atoms with Crippen LogP contribution in [0.1, 0.15) is 36.5 Å². The lowest BCUT2D eigenvalue weighted by molar-refractivity contribution is -0.139. The van der Waals surface area contributed by atoms with Crippen molar-refractivity contribution in [2.24, 2.45) is 5.41 Å². The van der Waals surface area contributed by atoms with Gasteiger partial charge in [-0.3, -0.25) is 4.79 Å². The molecular formula is C13H16O3. The topological polar surface area (TPSA) is 57.5 Å². The number of aliphatic hydroxyl groups excluding tert-OH is 1. The van der Waals surface area contributed by atoms with Crippen molar-refractivity contribution >= 4 is 5.97 Å². The zero-order valence-electron chi connectivity index (χ0n) is 9.31. The van der Waals surface area contributed by atoms with Gasteiger partial charge in [0.2, 0.25) is 0 Å². The van der Waals surface area contributed by atoms with Gasteiger partial charge in [-0.2, -0.15) is 0 Å². The van der Waals surface area contributed by atoms with Crippen molar-refractivity contribution in [3.8, 4) is 0 Å². The summed E-state index contributed by atoms with van der Waals surface area (Å²) in [5.41, 5.74) is 1.55. The molecule has 16 heavy (non-hydrogen) atoms. The van der Waals surface area contributed by atoms with E-state index in [4.69, 9.17) is 5.11 Å². The largest absolute Gasteiger partial charge is 0.481 e. The van der Waals surface area contributed by atoms with E-state index >= 15 is 0 Å². The molecule has 1 aliphatic carbocycles. The SMILES string of the molecule is Cc1ccc(C(O)C2(CC(=O)O)CC2)cc1. The minimum atomic E-state index is -0.830. The number of rotatable bonds is 4. The predicted octanol–water partition coefficient (Wildman–Crippen LogP) is 2.28. The van der Waals surface area contributed by atoms with Crippen LogP contribution in [0.15, 0.2) is 24.3 Å². The summed E-state index contributed by atoms with van der Waals surface area (Å²) in [6.07, 6.45) is 1.01. The Morgan fingerprint density at radius 3 is 2.38 bits per heavy atom. The third kappa shape index (κ3) is 2.09. The van der Waals surface area contributed by atoms with Gasteiger partial charge in [-0.25, -0.2) is 0 Å². The summed E-state index contributed by atoms with van der Waals surface area (Å²) in [5, 5.41) is 19.0. The Bertz CT molecular complexity index is 390. The fraction of sp³-hybridized carbons (Fsp3) is 0.462. The fourth-order valence-electron chi connectivity index (χ4n) is 2.11. The van der Waals surface area contributed by atoms with Gasteiger partial charge in [0.1, 0.15) is 0 Å². The van der Waals surface area contributed by atoms with Crippen molar-refractivity contribution in [1.29, 1.82) is 0 Å². The van der Waals surface area contributed by atoms with Crippen LogP contribution in [-0.4, -0.2) is 16.2 Å². The standard InChI is InChI=1S/C13H16O3/c1-9-2-4-10(5-3-9)12(16)13(6-7-13)8-11(14)15/h2-5,12,16H,6-8H2,1H3,(H,14,15). The van der Waals surface area contributed by atoms with E-state index in [0.717, 1.165) is 24.0 Å². The predicted molar refractivity (Wildman–Crippen MR) is 60.1 cm³/mol. The van der Waals surface area contributed by atoms with E-state index in [0.29, 0.717) is 0 Å². The van der Waals surface area contributed by atoms with Gasteiger partial charge >= 0.3 is 5.97 Å². The molecule has 0 bridgehead atoms. The number of carboxylic acids is 1. The summed E-state index contributed by atoms with van der Waals surface area (Å²) in [7, 11) is 0. The molecule has 3 nitrogen and oxygen atoms in total. The van der Waals surface area contributed by atoms with E-state index in [1.807, 2.05) is 31.2 Å². The molecule has 1 saturated carbocycles. The fourth-order valence-corrected chi connectivity index (χ4v) is 2.11. The Balaban J connectivity index is 2.15. The number of carboxylic acid groups (broad SMARTS) is 1. The minimum absolute atomic E-state index is 0.0576. The van der Waals surface area contributed by atoms with Crippen LogP contribution in [0.5, 0.6) is 0 Å². The monoisotopic (exact) mass is 220 g/mol. The second-order valence-corrected chi connectivity index (χ2v) is 4.75. The summed E-state index contributed by atoms with van der Waals surface area (Å²) in [6, 6.07) is 7.63. The zero-order chi connectivity index (χ0) is 11.8. The van der Waals surface area contributed by atoms with Crippen LogP contribution in [-0.2, 0) is 4.79 Å². The molecule has 86 valence electrons. The van der Waals surface area contributed by atoms with Gasteiger partial charge in [-0.05, 0) is 25.3 Å². The van der Waals surface area contributed by atoms with Crippen LogP contribution >= 0.6 is 0 Å². The summed E-state index contributed by atoms with van der Waals surface area (Å²) in [5.74, 6) is -0.830. The van der Waals surface area contributed by atoms with Crippen LogP contribution < -0.4 is 0 Å². The van der Waals surface area contributed by atoms with Gasteiger partial charge in [0, 0.05) is 5.41 Å². The van der Waals surface area contributed by atoms with Gasteiger partial charge in [0.05, 0.1) is 12.5 Å². The van der Waals surface area contributed by atoms with Crippen LogP contribution in [0.25, 0.3) is 0 Å². The molecule has 0 saturated heterocycles. The number of carbonyl (C=O) groups is 1. The minimum Gasteiger partial charge on any atom is -0.481 e. The number of benzene rings is 1. The maximum Gasteiger partial charge on any atom is 0.304 e. The van der Waals surface area contributed by atoms with Gasteiger partial charge in [-0.1, -0.05) is 29.8 Å². The normalized spacial score (nSPS) is 19.1. The first-order valence-corrected chi connectivity index (χ1v) is 5.50. The van der Waals surface area contributed by atoms with Crippen LogP contribution in [0.4, 0.5) is 0 Å². The summed E-state index contributed by atoms with van der Waals surface area (Å²) < 4.78 is 0. The average Bonchev–Trinajstić information content (AvgIpc) is 2.98. The highest BCUT2D eigenvalue weighted by atomic mass is 16.4. The van der Waals surface area contributed by atoms with E-state index in [9.17, 15) is 9.90 Å². The summed E-state index contributed by atoms with van der Waals surface area (Å²) in [6.45, 7) is 1.99. The molecule has 1 aromatic carbocycles. The first kappa shape index (κ1) is 11.1. The van der Waals surface area contributed by atoms with E-state index in [1.165, 1.54) is 0 Å². The Hall–Kier alpha value is -1.35. The summed E-state index contributed by atoms with van der Waals surface area (Å²) in [4.78, 5) is 10.7. The zero-order valence-corrected chi connectivity index (χ0v) is 9.31. The molecule has 0 heterocycles. The molecule has 2 N–H and O–H groups in total. The maximum atomic E-state index is 10.7. The van der Waals surface area contributed by atoms with Crippen molar-refractivity contribution in [2.45, 2.75) is 32.3 Å². The highest BCUT2D eigenvalue weighted by Crippen LogP contribution is 2.57. The molecule has 1 fully saturated rings. The van der Waals surface area contributed by atoms with Gasteiger partial charge in [0.25, 0.3) is 0 Å². The quantitative estimate of drug-likeness (QED) is 0.818. The highest BCUT2D eigenvalue weighted by Gasteiger charge is 2.50. The summed E-state index contributed by atoms with van der Waals surface area (Å²) >= 11 is 0. The van der Waals surface area contributed by atoms with Gasteiger partial charge < -0.3 is 10.2 Å². The first-order valence-electron chi connectivity index (χ1n) is 5.50. The number of aliphatic carboxylic acids is 1. The average molecular weight is 220 g/mol.